The number of para-hydroxylation sites is 1. The lowest BCUT2D eigenvalue weighted by Gasteiger charge is -2.11. The zero-order chi connectivity index (χ0) is 18.4. The zero-order valence-corrected chi connectivity index (χ0v) is 15.9. The minimum absolute atomic E-state index is 0.000327. The molecule has 0 radical (unpaired) electrons. The van der Waals surface area contributed by atoms with Crippen LogP contribution in [0.3, 0.4) is 0 Å². The smallest absolute Gasteiger partial charge is 0.354 e. The quantitative estimate of drug-likeness (QED) is 0.481. The number of nitrogens with zero attached hydrogens (tertiary/aromatic N) is 1. The summed E-state index contributed by atoms with van der Waals surface area (Å²) in [5, 5.41) is 11.3. The molecular weight excluding hydrogens is 418 g/mol. The van der Waals surface area contributed by atoms with E-state index in [1.807, 2.05) is 18.2 Å². The topological polar surface area (TPSA) is 72.4 Å². The van der Waals surface area contributed by atoms with Gasteiger partial charge < -0.3 is 14.1 Å². The summed E-state index contributed by atoms with van der Waals surface area (Å²) in [7, 11) is 1.62. The average molecular weight is 430 g/mol. The Morgan fingerprint density at radius 2 is 1.77 bits per heavy atom. The molecule has 0 aliphatic rings. The molecule has 0 fully saturated rings. The summed E-state index contributed by atoms with van der Waals surface area (Å²) in [5.74, 6) is -0.358. The molecule has 2 aromatic carbocycles. The SMILES string of the molecule is Cn1c(=O)c2c(O)c(Sc3ccccc3Br)c(=O)oc2c2ccccc21. The number of pyridine rings is 1. The van der Waals surface area contributed by atoms with Gasteiger partial charge in [0.05, 0.1) is 5.52 Å². The van der Waals surface area contributed by atoms with E-state index < -0.39 is 11.2 Å². The lowest BCUT2D eigenvalue weighted by Crippen LogP contribution is -2.19. The summed E-state index contributed by atoms with van der Waals surface area (Å²) in [6.45, 7) is 0. The molecule has 2 aromatic heterocycles. The van der Waals surface area contributed by atoms with Crippen LogP contribution in [0.15, 0.2) is 76.8 Å². The van der Waals surface area contributed by atoms with Gasteiger partial charge in [-0.1, -0.05) is 36.0 Å². The summed E-state index contributed by atoms with van der Waals surface area (Å²) >= 11 is 4.46. The van der Waals surface area contributed by atoms with Crippen molar-refractivity contribution in [2.45, 2.75) is 9.79 Å². The Labute approximate surface area is 160 Å². The van der Waals surface area contributed by atoms with E-state index in [9.17, 15) is 14.7 Å². The molecule has 0 aliphatic heterocycles. The maximum absolute atomic E-state index is 12.8. The fourth-order valence-corrected chi connectivity index (χ4v) is 4.24. The van der Waals surface area contributed by atoms with Crippen molar-refractivity contribution in [3.05, 3.63) is 73.8 Å². The lowest BCUT2D eigenvalue weighted by atomic mass is 10.1. The van der Waals surface area contributed by atoms with Crippen LogP contribution in [-0.4, -0.2) is 9.67 Å². The van der Waals surface area contributed by atoms with E-state index in [1.165, 1.54) is 4.57 Å². The normalized spacial score (nSPS) is 11.3. The van der Waals surface area contributed by atoms with E-state index in [0.29, 0.717) is 10.9 Å². The van der Waals surface area contributed by atoms with Gasteiger partial charge in [0.25, 0.3) is 5.56 Å². The average Bonchev–Trinajstić information content (AvgIpc) is 2.64. The summed E-state index contributed by atoms with van der Waals surface area (Å²) in [6.07, 6.45) is 0. The first-order valence-corrected chi connectivity index (χ1v) is 9.30. The Bertz CT molecular complexity index is 1290. The van der Waals surface area contributed by atoms with Gasteiger partial charge in [-0.25, -0.2) is 4.79 Å². The van der Waals surface area contributed by atoms with Crippen LogP contribution < -0.4 is 11.2 Å². The Hall–Kier alpha value is -2.51. The van der Waals surface area contributed by atoms with Crippen molar-refractivity contribution < 1.29 is 9.52 Å². The van der Waals surface area contributed by atoms with E-state index in [2.05, 4.69) is 15.9 Å². The third-order valence-corrected chi connectivity index (χ3v) is 6.23. The van der Waals surface area contributed by atoms with Gasteiger partial charge >= 0.3 is 5.63 Å². The monoisotopic (exact) mass is 429 g/mol. The minimum atomic E-state index is -0.686. The molecule has 4 aromatic rings. The van der Waals surface area contributed by atoms with Gasteiger partial charge in [-0.05, 0) is 40.2 Å². The Morgan fingerprint density at radius 1 is 1.08 bits per heavy atom. The predicted molar refractivity (Wildman–Crippen MR) is 105 cm³/mol. The first-order chi connectivity index (χ1) is 12.5. The number of rotatable bonds is 2. The second kappa shape index (κ2) is 6.34. The third-order valence-electron chi connectivity index (χ3n) is 4.14. The molecule has 7 heteroatoms. The van der Waals surface area contributed by atoms with Crippen LogP contribution in [0, 0.1) is 0 Å². The number of hydrogen-bond acceptors (Lipinski definition) is 5. The molecule has 1 N–H and O–H groups in total. The van der Waals surface area contributed by atoms with Gasteiger partial charge in [0.2, 0.25) is 0 Å². The van der Waals surface area contributed by atoms with E-state index in [1.54, 1.807) is 37.4 Å². The number of hydrogen-bond donors (Lipinski definition) is 1. The zero-order valence-electron chi connectivity index (χ0n) is 13.5. The third kappa shape index (κ3) is 2.55. The van der Waals surface area contributed by atoms with Crippen molar-refractivity contribution in [1.82, 2.24) is 4.57 Å². The van der Waals surface area contributed by atoms with Gasteiger partial charge in [-0.15, -0.1) is 0 Å². The minimum Gasteiger partial charge on any atom is -0.505 e. The fourth-order valence-electron chi connectivity index (χ4n) is 2.86. The second-order valence-electron chi connectivity index (χ2n) is 5.69. The molecule has 26 heavy (non-hydrogen) atoms. The fraction of sp³-hybridized carbons (Fsp3) is 0.0526. The number of benzene rings is 2. The van der Waals surface area contributed by atoms with Crippen LogP contribution in [0.2, 0.25) is 0 Å². The first-order valence-electron chi connectivity index (χ1n) is 7.69. The van der Waals surface area contributed by atoms with Crippen LogP contribution in [0.5, 0.6) is 5.75 Å². The van der Waals surface area contributed by atoms with E-state index in [4.69, 9.17) is 4.42 Å². The van der Waals surface area contributed by atoms with Crippen molar-refractivity contribution in [2.75, 3.05) is 0 Å². The number of aromatic hydroxyl groups is 1. The number of aromatic nitrogens is 1. The maximum Gasteiger partial charge on any atom is 0.354 e. The largest absolute Gasteiger partial charge is 0.505 e. The Kier molecular flexibility index (Phi) is 4.13. The molecule has 0 amide bonds. The highest BCUT2D eigenvalue weighted by Crippen LogP contribution is 2.39. The van der Waals surface area contributed by atoms with Gasteiger partial charge in [-0.3, -0.25) is 4.79 Å². The van der Waals surface area contributed by atoms with Crippen LogP contribution in [0.1, 0.15) is 0 Å². The molecule has 5 nitrogen and oxygen atoms in total. The van der Waals surface area contributed by atoms with Crippen LogP contribution >= 0.6 is 27.7 Å². The number of halogens is 1. The van der Waals surface area contributed by atoms with E-state index in [-0.39, 0.29) is 21.6 Å². The Balaban J connectivity index is 2.08. The lowest BCUT2D eigenvalue weighted by molar-refractivity contribution is 0.447. The summed E-state index contributed by atoms with van der Waals surface area (Å²) < 4.78 is 7.68. The van der Waals surface area contributed by atoms with Crippen LogP contribution in [0.25, 0.3) is 21.9 Å². The predicted octanol–water partition coefficient (Wildman–Crippen LogP) is 4.26. The molecule has 2 heterocycles. The summed E-state index contributed by atoms with van der Waals surface area (Å²) in [4.78, 5) is 26.0. The van der Waals surface area contributed by atoms with Crippen molar-refractivity contribution in [2.24, 2.45) is 7.05 Å². The molecule has 4 rings (SSSR count). The molecule has 0 atom stereocenters. The Morgan fingerprint density at radius 3 is 2.54 bits per heavy atom. The molecule has 0 spiro atoms. The van der Waals surface area contributed by atoms with Crippen LogP contribution in [-0.2, 0) is 7.05 Å². The first kappa shape index (κ1) is 16.9. The standard InChI is InChI=1S/C19H12BrNO4S/c1-21-12-8-4-2-6-10(12)16-14(18(21)23)15(22)17(19(24)25-16)26-13-9-5-3-7-11(13)20/h2-9,22H,1H3. The molecule has 0 saturated carbocycles. The maximum atomic E-state index is 12.8. The van der Waals surface area contributed by atoms with Crippen molar-refractivity contribution in [3.8, 4) is 5.75 Å². The highest BCUT2D eigenvalue weighted by atomic mass is 79.9. The second-order valence-corrected chi connectivity index (χ2v) is 7.59. The van der Waals surface area contributed by atoms with Crippen molar-refractivity contribution in [1.29, 1.82) is 0 Å². The number of fused-ring (bicyclic) bond motifs is 3. The highest BCUT2D eigenvalue weighted by molar-refractivity contribution is 9.10. The van der Waals surface area contributed by atoms with E-state index in [0.717, 1.165) is 21.1 Å². The molecule has 0 unspecified atom stereocenters. The summed E-state index contributed by atoms with van der Waals surface area (Å²) in [6, 6.07) is 14.4. The van der Waals surface area contributed by atoms with Crippen molar-refractivity contribution in [3.63, 3.8) is 0 Å². The molecular formula is C19H12BrNO4S. The molecule has 0 aliphatic carbocycles. The van der Waals surface area contributed by atoms with Crippen molar-refractivity contribution >= 4 is 49.6 Å². The van der Waals surface area contributed by atoms with Crippen LogP contribution in [0.4, 0.5) is 0 Å². The molecule has 130 valence electrons. The van der Waals surface area contributed by atoms with Gasteiger partial charge in [-0.2, -0.15) is 0 Å². The van der Waals surface area contributed by atoms with E-state index >= 15 is 0 Å². The van der Waals surface area contributed by atoms with Gasteiger partial charge in [0.15, 0.2) is 11.3 Å². The molecule has 0 saturated heterocycles. The summed E-state index contributed by atoms with van der Waals surface area (Å²) in [5.41, 5.74) is -0.385. The van der Waals surface area contributed by atoms with Gasteiger partial charge in [0.1, 0.15) is 10.3 Å². The van der Waals surface area contributed by atoms with Gasteiger partial charge in [0, 0.05) is 21.8 Å². The molecule has 0 bridgehead atoms. The highest BCUT2D eigenvalue weighted by Gasteiger charge is 2.21. The number of aryl methyl sites for hydroxylation is 1.